The van der Waals surface area contributed by atoms with Crippen LogP contribution in [-0.2, 0) is 11.2 Å². The molecule has 0 fully saturated rings. The Bertz CT molecular complexity index is 309. The molecule has 0 heterocycles. The Kier molecular flexibility index (Phi) is 5.50. The van der Waals surface area contributed by atoms with Crippen LogP contribution in [0.1, 0.15) is 31.0 Å². The summed E-state index contributed by atoms with van der Waals surface area (Å²) in [5.41, 5.74) is 2.71. The van der Waals surface area contributed by atoms with E-state index in [4.69, 9.17) is 4.74 Å². The molecule has 0 aromatic heterocycles. The van der Waals surface area contributed by atoms with E-state index in [1.807, 2.05) is 7.05 Å². The van der Waals surface area contributed by atoms with Crippen LogP contribution in [0.4, 0.5) is 0 Å². The quantitative estimate of drug-likeness (QED) is 0.797. The minimum Gasteiger partial charge on any atom is -0.383 e. The molecule has 0 spiro atoms. The second-order valence-corrected chi connectivity index (χ2v) is 4.64. The van der Waals surface area contributed by atoms with Crippen LogP contribution in [-0.4, -0.2) is 20.8 Å². The zero-order valence-electron chi connectivity index (χ0n) is 10.8. The molecule has 0 amide bonds. The number of hydrogen-bond donors (Lipinski definition) is 1. The van der Waals surface area contributed by atoms with Crippen molar-refractivity contribution in [3.63, 3.8) is 0 Å². The molecule has 2 nitrogen and oxygen atoms in total. The first kappa shape index (κ1) is 13.2. The van der Waals surface area contributed by atoms with Gasteiger partial charge in [0.2, 0.25) is 0 Å². The van der Waals surface area contributed by atoms with Crippen LogP contribution >= 0.6 is 0 Å². The third kappa shape index (κ3) is 3.95. The summed E-state index contributed by atoms with van der Waals surface area (Å²) in [6.45, 7) is 5.20. The van der Waals surface area contributed by atoms with Crippen LogP contribution in [0.15, 0.2) is 24.3 Å². The summed E-state index contributed by atoms with van der Waals surface area (Å²) in [6, 6.07) is 9.05. The summed E-state index contributed by atoms with van der Waals surface area (Å²) >= 11 is 0. The molecule has 0 aliphatic heterocycles. The van der Waals surface area contributed by atoms with E-state index in [9.17, 15) is 0 Å². The maximum Gasteiger partial charge on any atom is 0.0657 e. The fourth-order valence-electron chi connectivity index (χ4n) is 1.92. The molecule has 0 bridgehead atoms. The SMILES string of the molecule is CNC(COC)c1cccc(CC(C)C)c1. The van der Waals surface area contributed by atoms with Crippen LogP contribution in [0.25, 0.3) is 0 Å². The lowest BCUT2D eigenvalue weighted by atomic mass is 9.98. The Labute approximate surface area is 99.0 Å². The predicted molar refractivity (Wildman–Crippen MR) is 68.7 cm³/mol. The van der Waals surface area contributed by atoms with Gasteiger partial charge in [0.25, 0.3) is 0 Å². The molecule has 16 heavy (non-hydrogen) atoms. The van der Waals surface area contributed by atoms with Gasteiger partial charge in [-0.05, 0) is 30.5 Å². The molecule has 2 heteroatoms. The minimum absolute atomic E-state index is 0.289. The molecule has 90 valence electrons. The van der Waals surface area contributed by atoms with Crippen molar-refractivity contribution in [1.82, 2.24) is 5.32 Å². The lowest BCUT2D eigenvalue weighted by Gasteiger charge is -2.17. The minimum atomic E-state index is 0.289. The van der Waals surface area contributed by atoms with Crippen molar-refractivity contribution in [3.8, 4) is 0 Å². The van der Waals surface area contributed by atoms with Crippen LogP contribution < -0.4 is 5.32 Å². The number of hydrogen-bond acceptors (Lipinski definition) is 2. The third-order valence-electron chi connectivity index (χ3n) is 2.68. The first-order valence-electron chi connectivity index (χ1n) is 5.92. The number of rotatable bonds is 6. The van der Waals surface area contributed by atoms with Gasteiger partial charge in [0.05, 0.1) is 12.6 Å². The Hall–Kier alpha value is -0.860. The average molecular weight is 221 g/mol. The summed E-state index contributed by atoms with van der Waals surface area (Å²) in [4.78, 5) is 0. The lowest BCUT2D eigenvalue weighted by molar-refractivity contribution is 0.170. The standard InChI is InChI=1S/C14H23NO/c1-11(2)8-12-6-5-7-13(9-12)14(15-3)10-16-4/h5-7,9,11,14-15H,8,10H2,1-4H3. The van der Waals surface area contributed by atoms with Crippen molar-refractivity contribution in [2.24, 2.45) is 5.92 Å². The van der Waals surface area contributed by atoms with Gasteiger partial charge in [-0.3, -0.25) is 0 Å². The van der Waals surface area contributed by atoms with Gasteiger partial charge in [-0.1, -0.05) is 38.1 Å². The smallest absolute Gasteiger partial charge is 0.0657 e. The number of ether oxygens (including phenoxy) is 1. The molecule has 0 radical (unpaired) electrons. The number of methoxy groups -OCH3 is 1. The van der Waals surface area contributed by atoms with E-state index in [0.29, 0.717) is 12.5 Å². The Morgan fingerprint density at radius 1 is 1.31 bits per heavy atom. The molecule has 1 aromatic carbocycles. The highest BCUT2D eigenvalue weighted by Gasteiger charge is 2.09. The zero-order chi connectivity index (χ0) is 12.0. The maximum atomic E-state index is 5.21. The van der Waals surface area contributed by atoms with Gasteiger partial charge in [-0.2, -0.15) is 0 Å². The van der Waals surface area contributed by atoms with Gasteiger partial charge >= 0.3 is 0 Å². The highest BCUT2D eigenvalue weighted by molar-refractivity contribution is 5.26. The summed E-state index contributed by atoms with van der Waals surface area (Å²) in [5, 5.41) is 3.27. The van der Waals surface area contributed by atoms with E-state index < -0.39 is 0 Å². The van der Waals surface area contributed by atoms with Gasteiger partial charge in [0.15, 0.2) is 0 Å². The van der Waals surface area contributed by atoms with E-state index in [2.05, 4.69) is 43.4 Å². The van der Waals surface area contributed by atoms with E-state index in [-0.39, 0.29) is 6.04 Å². The summed E-state index contributed by atoms with van der Waals surface area (Å²) < 4.78 is 5.21. The van der Waals surface area contributed by atoms with E-state index >= 15 is 0 Å². The molecule has 1 atom stereocenters. The first-order chi connectivity index (χ1) is 7.67. The van der Waals surface area contributed by atoms with Crippen LogP contribution in [0.3, 0.4) is 0 Å². The van der Waals surface area contributed by atoms with Crippen LogP contribution in [0.2, 0.25) is 0 Å². The van der Waals surface area contributed by atoms with Crippen molar-refractivity contribution in [2.45, 2.75) is 26.3 Å². The van der Waals surface area contributed by atoms with E-state index in [0.717, 1.165) is 6.42 Å². The molecule has 1 rings (SSSR count). The molecular weight excluding hydrogens is 198 g/mol. The normalized spacial score (nSPS) is 13.1. The van der Waals surface area contributed by atoms with Crippen molar-refractivity contribution in [3.05, 3.63) is 35.4 Å². The molecule has 1 unspecified atom stereocenters. The third-order valence-corrected chi connectivity index (χ3v) is 2.68. The monoisotopic (exact) mass is 221 g/mol. The molecule has 0 saturated carbocycles. The summed E-state index contributed by atoms with van der Waals surface area (Å²) in [5.74, 6) is 0.700. The Morgan fingerprint density at radius 3 is 2.62 bits per heavy atom. The van der Waals surface area contributed by atoms with Gasteiger partial charge in [0.1, 0.15) is 0 Å². The first-order valence-corrected chi connectivity index (χ1v) is 5.92. The largest absolute Gasteiger partial charge is 0.383 e. The highest BCUT2D eigenvalue weighted by Crippen LogP contribution is 2.16. The number of benzene rings is 1. The second kappa shape index (κ2) is 6.66. The van der Waals surface area contributed by atoms with Gasteiger partial charge in [-0.25, -0.2) is 0 Å². The molecule has 0 saturated heterocycles. The predicted octanol–water partition coefficient (Wildman–Crippen LogP) is 2.79. The Balaban J connectivity index is 2.79. The fraction of sp³-hybridized carbons (Fsp3) is 0.571. The van der Waals surface area contributed by atoms with Crippen LogP contribution in [0, 0.1) is 5.92 Å². The van der Waals surface area contributed by atoms with Crippen molar-refractivity contribution >= 4 is 0 Å². The van der Waals surface area contributed by atoms with Crippen LogP contribution in [0.5, 0.6) is 0 Å². The van der Waals surface area contributed by atoms with Gasteiger partial charge in [0, 0.05) is 7.11 Å². The summed E-state index contributed by atoms with van der Waals surface area (Å²) in [6.07, 6.45) is 1.14. The molecule has 1 aromatic rings. The lowest BCUT2D eigenvalue weighted by Crippen LogP contribution is -2.21. The molecule has 0 aliphatic carbocycles. The topological polar surface area (TPSA) is 21.3 Å². The van der Waals surface area contributed by atoms with E-state index in [1.165, 1.54) is 11.1 Å². The Morgan fingerprint density at radius 2 is 2.06 bits per heavy atom. The zero-order valence-corrected chi connectivity index (χ0v) is 10.8. The number of likely N-dealkylation sites (N-methyl/N-ethyl adjacent to an activating group) is 1. The van der Waals surface area contributed by atoms with E-state index in [1.54, 1.807) is 7.11 Å². The fourth-order valence-corrected chi connectivity index (χ4v) is 1.92. The van der Waals surface area contributed by atoms with Crippen molar-refractivity contribution < 1.29 is 4.74 Å². The van der Waals surface area contributed by atoms with Crippen molar-refractivity contribution in [2.75, 3.05) is 20.8 Å². The molecule has 0 aliphatic rings. The summed E-state index contributed by atoms with van der Waals surface area (Å²) in [7, 11) is 3.71. The van der Waals surface area contributed by atoms with Crippen molar-refractivity contribution in [1.29, 1.82) is 0 Å². The molecule has 1 N–H and O–H groups in total. The van der Waals surface area contributed by atoms with Gasteiger partial charge < -0.3 is 10.1 Å². The maximum absolute atomic E-state index is 5.21. The average Bonchev–Trinajstić information content (AvgIpc) is 2.25. The second-order valence-electron chi connectivity index (χ2n) is 4.64. The molecular formula is C14H23NO. The van der Waals surface area contributed by atoms with Gasteiger partial charge in [-0.15, -0.1) is 0 Å². The number of nitrogens with one attached hydrogen (secondary N) is 1. The highest BCUT2D eigenvalue weighted by atomic mass is 16.5.